The molecular formula is C17H18ClFN6. The Morgan fingerprint density at radius 2 is 2.24 bits per heavy atom. The molecule has 2 aromatic heterocycles. The molecule has 8 heteroatoms. The van der Waals surface area contributed by atoms with E-state index >= 15 is 0 Å². The average Bonchev–Trinajstić information content (AvgIpc) is 3.26. The van der Waals surface area contributed by atoms with Crippen molar-refractivity contribution in [3.05, 3.63) is 47.1 Å². The number of halogens is 2. The highest BCUT2D eigenvalue weighted by atomic mass is 35.5. The molecule has 0 spiro atoms. The molecule has 0 aliphatic carbocycles. The van der Waals surface area contributed by atoms with Crippen LogP contribution in [0.2, 0.25) is 5.02 Å². The van der Waals surface area contributed by atoms with Crippen molar-refractivity contribution >= 4 is 28.9 Å². The Bertz CT molecular complexity index is 911. The fourth-order valence-electron chi connectivity index (χ4n) is 3.15. The second-order valence-corrected chi connectivity index (χ2v) is 6.54. The first-order valence-corrected chi connectivity index (χ1v) is 8.68. The number of aryl methyl sites for hydroxylation is 1. The van der Waals surface area contributed by atoms with E-state index in [1.807, 2.05) is 6.07 Å². The number of rotatable bonds is 4. The predicted molar refractivity (Wildman–Crippen MR) is 95.8 cm³/mol. The van der Waals surface area contributed by atoms with Crippen LogP contribution < -0.4 is 10.2 Å². The van der Waals surface area contributed by atoms with Gasteiger partial charge >= 0.3 is 0 Å². The molecule has 1 saturated heterocycles. The molecule has 6 nitrogen and oxygen atoms in total. The summed E-state index contributed by atoms with van der Waals surface area (Å²) in [5, 5.41) is 7.94. The van der Waals surface area contributed by atoms with Gasteiger partial charge in [0.1, 0.15) is 18.0 Å². The maximum Gasteiger partial charge on any atom is 0.254 e. The van der Waals surface area contributed by atoms with E-state index in [9.17, 15) is 4.39 Å². The van der Waals surface area contributed by atoms with E-state index in [1.165, 1.54) is 12.4 Å². The average molecular weight is 361 g/mol. The summed E-state index contributed by atoms with van der Waals surface area (Å²) in [7, 11) is 0. The van der Waals surface area contributed by atoms with Crippen molar-refractivity contribution in [2.45, 2.75) is 25.8 Å². The van der Waals surface area contributed by atoms with Crippen molar-refractivity contribution in [1.82, 2.24) is 19.6 Å². The zero-order valence-electron chi connectivity index (χ0n) is 13.8. The normalized spacial score (nSPS) is 17.4. The Kier molecular flexibility index (Phi) is 4.17. The van der Waals surface area contributed by atoms with Crippen molar-refractivity contribution in [2.75, 3.05) is 23.3 Å². The topological polar surface area (TPSA) is 58.4 Å². The highest BCUT2D eigenvalue weighted by Gasteiger charge is 2.24. The van der Waals surface area contributed by atoms with E-state index in [0.29, 0.717) is 5.78 Å². The minimum Gasteiger partial charge on any atom is -0.369 e. The molecule has 1 fully saturated rings. The standard InChI is InChI=1S/C17H18ClFN6/c1-2-11-7-16(25-17(23-11)20-10-21-25)22-12-5-6-24(9-12)13-3-4-15(19)14(18)8-13/h3-4,7-8,10,12,22H,2,5-6,9H2,1H3. The fraction of sp³-hybridized carbons (Fsp3) is 0.353. The molecule has 0 saturated carbocycles. The van der Waals surface area contributed by atoms with Gasteiger partial charge < -0.3 is 10.2 Å². The molecule has 25 heavy (non-hydrogen) atoms. The molecule has 1 unspecified atom stereocenters. The molecule has 0 amide bonds. The molecular weight excluding hydrogens is 343 g/mol. The lowest BCUT2D eigenvalue weighted by Gasteiger charge is -2.20. The lowest BCUT2D eigenvalue weighted by Crippen LogP contribution is -2.27. The Hall–Kier alpha value is -2.41. The first-order valence-electron chi connectivity index (χ1n) is 8.30. The lowest BCUT2D eigenvalue weighted by molar-refractivity contribution is 0.628. The van der Waals surface area contributed by atoms with Crippen molar-refractivity contribution in [3.8, 4) is 0 Å². The summed E-state index contributed by atoms with van der Waals surface area (Å²) in [6.45, 7) is 3.75. The third-order valence-corrected chi connectivity index (χ3v) is 4.77. The maximum absolute atomic E-state index is 13.4. The number of benzene rings is 1. The van der Waals surface area contributed by atoms with Crippen LogP contribution in [0.5, 0.6) is 0 Å². The van der Waals surface area contributed by atoms with Gasteiger partial charge in [0, 0.05) is 36.6 Å². The molecule has 0 radical (unpaired) electrons. The first kappa shape index (κ1) is 16.1. The van der Waals surface area contributed by atoms with Gasteiger partial charge in [0.05, 0.1) is 5.02 Å². The number of hydrogen-bond donors (Lipinski definition) is 1. The van der Waals surface area contributed by atoms with Crippen LogP contribution in [0.15, 0.2) is 30.6 Å². The molecule has 1 N–H and O–H groups in total. The Balaban J connectivity index is 1.53. The van der Waals surface area contributed by atoms with Gasteiger partial charge in [0.15, 0.2) is 0 Å². The summed E-state index contributed by atoms with van der Waals surface area (Å²) < 4.78 is 15.1. The molecule has 130 valence electrons. The fourth-order valence-corrected chi connectivity index (χ4v) is 3.32. The number of fused-ring (bicyclic) bond motifs is 1. The van der Waals surface area contributed by atoms with Crippen LogP contribution in [0.1, 0.15) is 19.0 Å². The predicted octanol–water partition coefficient (Wildman–Crippen LogP) is 3.17. The smallest absolute Gasteiger partial charge is 0.254 e. The van der Waals surface area contributed by atoms with Crippen molar-refractivity contribution < 1.29 is 4.39 Å². The number of aromatic nitrogens is 4. The van der Waals surface area contributed by atoms with Gasteiger partial charge in [-0.15, -0.1) is 0 Å². The molecule has 3 aromatic rings. The summed E-state index contributed by atoms with van der Waals surface area (Å²) in [6.07, 6.45) is 3.31. The van der Waals surface area contributed by atoms with E-state index in [2.05, 4.69) is 32.2 Å². The van der Waals surface area contributed by atoms with Gasteiger partial charge in [0.25, 0.3) is 5.78 Å². The zero-order chi connectivity index (χ0) is 17.4. The van der Waals surface area contributed by atoms with E-state index in [0.717, 1.165) is 43.1 Å². The summed E-state index contributed by atoms with van der Waals surface area (Å²) in [6, 6.07) is 7.12. The monoisotopic (exact) mass is 360 g/mol. The first-order chi connectivity index (χ1) is 12.1. The van der Waals surface area contributed by atoms with Crippen LogP contribution in [0, 0.1) is 5.82 Å². The minimum absolute atomic E-state index is 0.153. The largest absolute Gasteiger partial charge is 0.369 e. The quantitative estimate of drug-likeness (QED) is 0.774. The van der Waals surface area contributed by atoms with E-state index in [-0.39, 0.29) is 11.1 Å². The van der Waals surface area contributed by atoms with Crippen molar-refractivity contribution in [2.24, 2.45) is 0 Å². The van der Waals surface area contributed by atoms with Gasteiger partial charge in [-0.2, -0.15) is 14.6 Å². The summed E-state index contributed by atoms with van der Waals surface area (Å²) in [4.78, 5) is 10.8. The Morgan fingerprint density at radius 3 is 3.04 bits per heavy atom. The van der Waals surface area contributed by atoms with Crippen molar-refractivity contribution in [3.63, 3.8) is 0 Å². The number of nitrogens with one attached hydrogen (secondary N) is 1. The minimum atomic E-state index is -0.392. The third-order valence-electron chi connectivity index (χ3n) is 4.48. The van der Waals surface area contributed by atoms with Crippen LogP contribution in [0.25, 0.3) is 5.78 Å². The second-order valence-electron chi connectivity index (χ2n) is 6.13. The zero-order valence-corrected chi connectivity index (χ0v) is 14.5. The summed E-state index contributed by atoms with van der Waals surface area (Å²) >= 11 is 5.90. The van der Waals surface area contributed by atoms with Crippen LogP contribution in [0.3, 0.4) is 0 Å². The third kappa shape index (κ3) is 3.11. The van der Waals surface area contributed by atoms with Gasteiger partial charge in [0.2, 0.25) is 0 Å². The summed E-state index contributed by atoms with van der Waals surface area (Å²) in [5.41, 5.74) is 1.91. The molecule has 1 aliphatic rings. The second kappa shape index (κ2) is 6.48. The summed E-state index contributed by atoms with van der Waals surface area (Å²) in [5.74, 6) is 1.10. The molecule has 1 aromatic carbocycles. The van der Waals surface area contributed by atoms with Crippen LogP contribution in [-0.2, 0) is 6.42 Å². The highest BCUT2D eigenvalue weighted by Crippen LogP contribution is 2.26. The number of nitrogens with zero attached hydrogens (tertiary/aromatic N) is 5. The molecule has 3 heterocycles. The maximum atomic E-state index is 13.4. The Labute approximate surface area is 149 Å². The van der Waals surface area contributed by atoms with Gasteiger partial charge in [-0.1, -0.05) is 18.5 Å². The van der Waals surface area contributed by atoms with Crippen molar-refractivity contribution in [1.29, 1.82) is 0 Å². The molecule has 0 bridgehead atoms. The molecule has 4 rings (SSSR count). The van der Waals surface area contributed by atoms with Crippen LogP contribution in [-0.4, -0.2) is 38.7 Å². The van der Waals surface area contributed by atoms with Gasteiger partial charge in [-0.3, -0.25) is 0 Å². The number of anilines is 2. The molecule has 1 atom stereocenters. The van der Waals surface area contributed by atoms with E-state index in [1.54, 1.807) is 16.6 Å². The van der Waals surface area contributed by atoms with Crippen LogP contribution >= 0.6 is 11.6 Å². The van der Waals surface area contributed by atoms with E-state index < -0.39 is 5.82 Å². The van der Waals surface area contributed by atoms with Gasteiger partial charge in [-0.25, -0.2) is 9.37 Å². The SMILES string of the molecule is CCc1cc(NC2CCN(c3ccc(F)c(Cl)c3)C2)n2ncnc2n1. The van der Waals surface area contributed by atoms with Gasteiger partial charge in [-0.05, 0) is 31.0 Å². The van der Waals surface area contributed by atoms with E-state index in [4.69, 9.17) is 11.6 Å². The number of hydrogen-bond acceptors (Lipinski definition) is 5. The highest BCUT2D eigenvalue weighted by molar-refractivity contribution is 6.31. The Morgan fingerprint density at radius 1 is 1.36 bits per heavy atom. The lowest BCUT2D eigenvalue weighted by atomic mass is 10.2. The van der Waals surface area contributed by atoms with Crippen LogP contribution in [0.4, 0.5) is 15.9 Å². The molecule has 1 aliphatic heterocycles.